The molecule has 2 aromatic rings. The molecule has 0 radical (unpaired) electrons. The first kappa shape index (κ1) is 11.1. The number of hydrogen-bond donors (Lipinski definition) is 0. The van der Waals surface area contributed by atoms with E-state index in [-0.39, 0.29) is 0 Å². The maximum atomic E-state index is 5.99. The smallest absolute Gasteiger partial charge is 0.147 e. The van der Waals surface area contributed by atoms with Crippen LogP contribution in [-0.2, 0) is 0 Å². The lowest BCUT2D eigenvalue weighted by molar-refractivity contribution is 1.37. The quantitative estimate of drug-likeness (QED) is 0.672. The summed E-state index contributed by atoms with van der Waals surface area (Å²) in [4.78, 5) is 4.43. The highest BCUT2D eigenvalue weighted by molar-refractivity contribution is 7.69. The Bertz CT molecular complexity index is 542. The Kier molecular flexibility index (Phi) is 3.46. The first-order valence-corrected chi connectivity index (χ1v) is 7.13. The van der Waals surface area contributed by atoms with Gasteiger partial charge in [-0.05, 0) is 24.6 Å². The van der Waals surface area contributed by atoms with Crippen LogP contribution in [0.15, 0.2) is 29.3 Å². The van der Waals surface area contributed by atoms with Crippen molar-refractivity contribution in [1.29, 1.82) is 0 Å². The maximum absolute atomic E-state index is 5.99. The Morgan fingerprint density at radius 3 is 2.60 bits per heavy atom. The molecule has 1 aromatic carbocycles. The summed E-state index contributed by atoms with van der Waals surface area (Å²) in [6.45, 7) is 2.03. The Morgan fingerprint density at radius 1 is 1.20 bits per heavy atom. The Hall–Kier alpha value is -0.350. The highest BCUT2D eigenvalue weighted by atomic mass is 35.5. The SMILES string of the molecule is Cc1cccc(N=c2ssc(Cl)c2Cl)c1. The van der Waals surface area contributed by atoms with Crippen LogP contribution in [-0.4, -0.2) is 0 Å². The van der Waals surface area contributed by atoms with Crippen LogP contribution >= 0.6 is 43.9 Å². The van der Waals surface area contributed by atoms with Crippen molar-refractivity contribution in [2.45, 2.75) is 6.92 Å². The highest BCUT2D eigenvalue weighted by Gasteiger charge is 2.03. The molecule has 1 heterocycles. The van der Waals surface area contributed by atoms with Crippen molar-refractivity contribution in [3.8, 4) is 0 Å². The third-order valence-electron chi connectivity index (χ3n) is 1.79. The van der Waals surface area contributed by atoms with Crippen molar-refractivity contribution >= 4 is 49.6 Å². The van der Waals surface area contributed by atoms with Crippen LogP contribution in [0.25, 0.3) is 0 Å². The second kappa shape index (κ2) is 4.66. The first-order chi connectivity index (χ1) is 7.16. The number of nitrogens with zero attached hydrogens (tertiary/aromatic N) is 1. The zero-order valence-electron chi connectivity index (χ0n) is 7.83. The molecule has 0 fully saturated rings. The van der Waals surface area contributed by atoms with Gasteiger partial charge in [0.1, 0.15) is 14.0 Å². The van der Waals surface area contributed by atoms with Crippen molar-refractivity contribution in [2.75, 3.05) is 0 Å². The van der Waals surface area contributed by atoms with Gasteiger partial charge in [-0.2, -0.15) is 0 Å². The minimum atomic E-state index is 0.549. The van der Waals surface area contributed by atoms with Crippen molar-refractivity contribution < 1.29 is 0 Å². The maximum Gasteiger partial charge on any atom is 0.147 e. The summed E-state index contributed by atoms with van der Waals surface area (Å²) in [6, 6.07) is 7.96. The third kappa shape index (κ3) is 2.61. The van der Waals surface area contributed by atoms with E-state index in [2.05, 4.69) is 4.99 Å². The Morgan fingerprint density at radius 2 is 2.00 bits per heavy atom. The number of rotatable bonds is 1. The van der Waals surface area contributed by atoms with Crippen molar-refractivity contribution in [3.63, 3.8) is 0 Å². The van der Waals surface area contributed by atoms with E-state index in [1.165, 1.54) is 26.2 Å². The lowest BCUT2D eigenvalue weighted by atomic mass is 10.2. The topological polar surface area (TPSA) is 12.4 Å². The Labute approximate surface area is 105 Å². The van der Waals surface area contributed by atoms with Gasteiger partial charge in [-0.1, -0.05) is 56.0 Å². The van der Waals surface area contributed by atoms with Crippen LogP contribution in [0.3, 0.4) is 0 Å². The van der Waals surface area contributed by atoms with Gasteiger partial charge in [-0.15, -0.1) is 0 Å². The molecule has 0 saturated heterocycles. The van der Waals surface area contributed by atoms with Gasteiger partial charge < -0.3 is 0 Å². The lowest BCUT2D eigenvalue weighted by Gasteiger charge is -1.93. The van der Waals surface area contributed by atoms with Crippen molar-refractivity contribution in [2.24, 2.45) is 4.99 Å². The van der Waals surface area contributed by atoms with Crippen molar-refractivity contribution in [1.82, 2.24) is 0 Å². The molecule has 0 aliphatic carbocycles. The van der Waals surface area contributed by atoms with Gasteiger partial charge in [0.15, 0.2) is 0 Å². The molecule has 78 valence electrons. The van der Waals surface area contributed by atoms with E-state index in [4.69, 9.17) is 23.2 Å². The van der Waals surface area contributed by atoms with Gasteiger partial charge in [-0.3, -0.25) is 0 Å². The predicted molar refractivity (Wildman–Crippen MR) is 68.6 cm³/mol. The van der Waals surface area contributed by atoms with E-state index >= 15 is 0 Å². The molecule has 0 spiro atoms. The van der Waals surface area contributed by atoms with Crippen LogP contribution in [0.5, 0.6) is 0 Å². The number of halogens is 2. The van der Waals surface area contributed by atoms with E-state index in [1.807, 2.05) is 31.2 Å². The fourth-order valence-corrected chi connectivity index (χ4v) is 3.87. The van der Waals surface area contributed by atoms with Gasteiger partial charge in [0, 0.05) is 0 Å². The molecule has 5 heteroatoms. The van der Waals surface area contributed by atoms with Gasteiger partial charge in [0.2, 0.25) is 0 Å². The summed E-state index contributed by atoms with van der Waals surface area (Å²) in [7, 11) is 2.92. The van der Waals surface area contributed by atoms with Crippen molar-refractivity contribution in [3.05, 3.63) is 43.9 Å². The minimum Gasteiger partial charge on any atom is -0.236 e. The zero-order chi connectivity index (χ0) is 10.8. The van der Waals surface area contributed by atoms with E-state index < -0.39 is 0 Å². The molecular formula is C10H7Cl2NS2. The molecule has 0 unspecified atom stereocenters. The van der Waals surface area contributed by atoms with E-state index in [1.54, 1.807) is 0 Å². The summed E-state index contributed by atoms with van der Waals surface area (Å²) < 4.78 is 1.38. The number of aryl methyl sites for hydroxylation is 1. The normalized spacial score (nSPS) is 12.1. The van der Waals surface area contributed by atoms with E-state index in [0.717, 1.165) is 10.4 Å². The fourth-order valence-electron chi connectivity index (χ4n) is 1.12. The fraction of sp³-hybridized carbons (Fsp3) is 0.100. The average molecular weight is 276 g/mol. The average Bonchev–Trinajstić information content (AvgIpc) is 2.50. The lowest BCUT2D eigenvalue weighted by Crippen LogP contribution is -1.91. The Balaban J connectivity index is 2.51. The summed E-state index contributed by atoms with van der Waals surface area (Å²) in [6.07, 6.45) is 0. The van der Waals surface area contributed by atoms with Crippen LogP contribution < -0.4 is 4.67 Å². The molecular weight excluding hydrogens is 269 g/mol. The van der Waals surface area contributed by atoms with Gasteiger partial charge in [0.25, 0.3) is 0 Å². The van der Waals surface area contributed by atoms with Crippen LogP contribution in [0.4, 0.5) is 5.69 Å². The minimum absolute atomic E-state index is 0.549. The third-order valence-corrected chi connectivity index (χ3v) is 5.28. The molecule has 0 amide bonds. The second-order valence-electron chi connectivity index (χ2n) is 3.01. The molecule has 0 aliphatic heterocycles. The van der Waals surface area contributed by atoms with E-state index in [0.29, 0.717) is 9.36 Å². The van der Waals surface area contributed by atoms with E-state index in [9.17, 15) is 0 Å². The standard InChI is InChI=1S/C10H7Cl2NS2/c1-6-3-2-4-7(5-6)13-10-8(11)9(12)14-15-10/h2-5H,1H3. The van der Waals surface area contributed by atoms with Crippen LogP contribution in [0.1, 0.15) is 5.56 Å². The largest absolute Gasteiger partial charge is 0.236 e. The van der Waals surface area contributed by atoms with Gasteiger partial charge in [0.05, 0.1) is 5.69 Å². The highest BCUT2D eigenvalue weighted by Crippen LogP contribution is 2.27. The molecule has 0 aliphatic rings. The summed E-state index contributed by atoms with van der Waals surface area (Å²) in [5, 5.41) is 0.549. The molecule has 1 aromatic heterocycles. The molecule has 0 bridgehead atoms. The number of benzene rings is 1. The van der Waals surface area contributed by atoms with Crippen LogP contribution in [0, 0.1) is 6.92 Å². The summed E-state index contributed by atoms with van der Waals surface area (Å²) >= 11 is 11.9. The summed E-state index contributed by atoms with van der Waals surface area (Å²) in [5.41, 5.74) is 2.08. The molecule has 1 nitrogen and oxygen atoms in total. The molecule has 0 atom stereocenters. The summed E-state index contributed by atoms with van der Waals surface area (Å²) in [5.74, 6) is 0. The molecule has 0 N–H and O–H groups in total. The predicted octanol–water partition coefficient (Wildman–Crippen LogP) is 4.66. The first-order valence-electron chi connectivity index (χ1n) is 4.22. The molecule has 0 saturated carbocycles. The molecule has 2 rings (SSSR count). The van der Waals surface area contributed by atoms with Gasteiger partial charge in [-0.25, -0.2) is 4.99 Å². The molecule has 15 heavy (non-hydrogen) atoms. The zero-order valence-corrected chi connectivity index (χ0v) is 11.0. The monoisotopic (exact) mass is 275 g/mol. The second-order valence-corrected chi connectivity index (χ2v) is 6.12. The number of hydrogen-bond acceptors (Lipinski definition) is 3. The van der Waals surface area contributed by atoms with Crippen LogP contribution in [0.2, 0.25) is 9.36 Å². The van der Waals surface area contributed by atoms with Gasteiger partial charge >= 0.3 is 0 Å².